The Bertz CT molecular complexity index is 782. The fraction of sp³-hybridized carbons (Fsp3) is 0.316. The van der Waals surface area contributed by atoms with Gasteiger partial charge < -0.3 is 24.8 Å². The van der Waals surface area contributed by atoms with Gasteiger partial charge in [-0.15, -0.1) is 0 Å². The summed E-state index contributed by atoms with van der Waals surface area (Å²) in [6.45, 7) is 0. The van der Waals surface area contributed by atoms with E-state index in [1.165, 1.54) is 0 Å². The molecule has 0 radical (unpaired) electrons. The van der Waals surface area contributed by atoms with Crippen molar-refractivity contribution in [2.45, 2.75) is 18.8 Å². The van der Waals surface area contributed by atoms with E-state index in [0.29, 0.717) is 17.9 Å². The van der Waals surface area contributed by atoms with E-state index >= 15 is 0 Å². The zero-order valence-electron chi connectivity index (χ0n) is 15.5. The summed E-state index contributed by atoms with van der Waals surface area (Å²) in [5.41, 5.74) is 7.94. The van der Waals surface area contributed by atoms with Gasteiger partial charge in [0.25, 0.3) is 0 Å². The quantitative estimate of drug-likeness (QED) is 0.581. The molecule has 1 saturated heterocycles. The Morgan fingerprint density at radius 2 is 1.67 bits per heavy atom. The number of carbonyl (C=O) groups is 1. The minimum Gasteiger partial charge on any atom is -0.497 e. The van der Waals surface area contributed by atoms with Crippen molar-refractivity contribution in [1.82, 2.24) is 16.2 Å². The molecule has 0 aromatic heterocycles. The van der Waals surface area contributed by atoms with Gasteiger partial charge >= 0.3 is 0 Å². The van der Waals surface area contributed by atoms with Gasteiger partial charge in [-0.25, -0.2) is 10.9 Å². The highest BCUT2D eigenvalue weighted by Crippen LogP contribution is 2.29. The number of hydrogen-bond donors (Lipinski definition) is 4. The normalized spacial score (nSPS) is 19.1. The van der Waals surface area contributed by atoms with Crippen molar-refractivity contribution in [3.05, 3.63) is 48.0 Å². The molecule has 8 heteroatoms. The van der Waals surface area contributed by atoms with Crippen LogP contribution in [0.1, 0.15) is 5.56 Å². The van der Waals surface area contributed by atoms with Crippen LogP contribution in [0.2, 0.25) is 0 Å². The topological polar surface area (TPSA) is 92.9 Å². The number of hydrazine groups is 1. The van der Waals surface area contributed by atoms with E-state index < -0.39 is 6.29 Å². The first-order valence-electron chi connectivity index (χ1n) is 8.56. The largest absolute Gasteiger partial charge is 0.497 e. The number of nitrogens with one attached hydrogen (secondary N) is 4. The van der Waals surface area contributed by atoms with E-state index in [4.69, 9.17) is 14.2 Å². The second-order valence-corrected chi connectivity index (χ2v) is 6.05. The lowest BCUT2D eigenvalue weighted by molar-refractivity contribution is -0.126. The van der Waals surface area contributed by atoms with Crippen molar-refractivity contribution in [2.75, 3.05) is 26.6 Å². The summed E-state index contributed by atoms with van der Waals surface area (Å²) in [6, 6.07) is 12.7. The Hall–Kier alpha value is -2.97. The van der Waals surface area contributed by atoms with Crippen LogP contribution in [0, 0.1) is 0 Å². The first-order valence-corrected chi connectivity index (χ1v) is 8.56. The molecule has 2 atom stereocenters. The summed E-state index contributed by atoms with van der Waals surface area (Å²) in [7, 11) is 4.79. The van der Waals surface area contributed by atoms with Gasteiger partial charge in [-0.05, 0) is 36.2 Å². The molecule has 1 amide bonds. The van der Waals surface area contributed by atoms with Crippen LogP contribution in [0.4, 0.5) is 5.69 Å². The molecule has 1 heterocycles. The van der Waals surface area contributed by atoms with Crippen molar-refractivity contribution in [3.8, 4) is 17.2 Å². The number of amides is 1. The Morgan fingerprint density at radius 3 is 2.30 bits per heavy atom. The molecule has 144 valence electrons. The number of carbonyl (C=O) groups excluding carboxylic acids is 1. The Kier molecular flexibility index (Phi) is 6.00. The first kappa shape index (κ1) is 18.8. The van der Waals surface area contributed by atoms with Crippen LogP contribution in [0.3, 0.4) is 0 Å². The molecule has 8 nitrogen and oxygen atoms in total. The second kappa shape index (κ2) is 8.61. The highest BCUT2D eigenvalue weighted by atomic mass is 16.5. The molecular formula is C19H24N4O4. The number of ether oxygens (including phenoxy) is 3. The van der Waals surface area contributed by atoms with Gasteiger partial charge in [0.15, 0.2) is 17.8 Å². The molecule has 27 heavy (non-hydrogen) atoms. The molecule has 2 aromatic carbocycles. The standard InChI is InChI=1S/C19H24N4O4/c1-25-14-7-4-12(5-8-14)10-15-18(24)21-19(23-22-15)20-13-6-9-16(26-2)17(11-13)27-3/h4-9,11,15,19-20,22-23H,10H2,1-3H3,(H,21,24). The molecule has 0 aliphatic carbocycles. The van der Waals surface area contributed by atoms with Crippen molar-refractivity contribution < 1.29 is 19.0 Å². The SMILES string of the molecule is COc1ccc(CC2NNC(Nc3ccc(OC)c(OC)c3)NC2=O)cc1. The lowest BCUT2D eigenvalue weighted by Gasteiger charge is -2.32. The predicted molar refractivity (Wildman–Crippen MR) is 102 cm³/mol. The molecule has 4 N–H and O–H groups in total. The molecule has 0 saturated carbocycles. The predicted octanol–water partition coefficient (Wildman–Crippen LogP) is 1.24. The van der Waals surface area contributed by atoms with Crippen LogP contribution in [-0.2, 0) is 11.2 Å². The molecule has 2 unspecified atom stereocenters. The Balaban J connectivity index is 1.57. The molecule has 0 bridgehead atoms. The number of rotatable bonds is 7. The van der Waals surface area contributed by atoms with E-state index in [9.17, 15) is 4.79 Å². The average Bonchev–Trinajstić information content (AvgIpc) is 2.70. The molecule has 0 spiro atoms. The smallest absolute Gasteiger partial charge is 0.241 e. The molecule has 1 aliphatic rings. The summed E-state index contributed by atoms with van der Waals surface area (Å²) in [4.78, 5) is 12.4. The molecule has 2 aromatic rings. The van der Waals surface area contributed by atoms with E-state index in [1.54, 1.807) is 33.5 Å². The maximum absolute atomic E-state index is 12.4. The van der Waals surface area contributed by atoms with E-state index in [-0.39, 0.29) is 11.9 Å². The van der Waals surface area contributed by atoms with Crippen LogP contribution in [0.25, 0.3) is 0 Å². The van der Waals surface area contributed by atoms with Crippen LogP contribution in [0.5, 0.6) is 17.2 Å². The second-order valence-electron chi connectivity index (χ2n) is 6.05. The number of anilines is 1. The van der Waals surface area contributed by atoms with E-state index in [2.05, 4.69) is 21.5 Å². The minimum atomic E-state index is -0.456. The summed E-state index contributed by atoms with van der Waals surface area (Å²) in [5, 5.41) is 6.08. The van der Waals surface area contributed by atoms with Crippen LogP contribution in [-0.4, -0.2) is 39.6 Å². The Morgan fingerprint density at radius 1 is 0.926 bits per heavy atom. The van der Waals surface area contributed by atoms with Gasteiger partial charge in [-0.1, -0.05) is 12.1 Å². The van der Waals surface area contributed by atoms with Crippen LogP contribution in [0.15, 0.2) is 42.5 Å². The zero-order valence-corrected chi connectivity index (χ0v) is 15.5. The Labute approximate surface area is 158 Å². The average molecular weight is 372 g/mol. The van der Waals surface area contributed by atoms with E-state index in [0.717, 1.165) is 17.0 Å². The van der Waals surface area contributed by atoms with Crippen molar-refractivity contribution in [1.29, 1.82) is 0 Å². The fourth-order valence-corrected chi connectivity index (χ4v) is 2.83. The molecular weight excluding hydrogens is 348 g/mol. The van der Waals surface area contributed by atoms with Gasteiger partial charge in [0.05, 0.1) is 21.3 Å². The van der Waals surface area contributed by atoms with Crippen LogP contribution >= 0.6 is 0 Å². The molecule has 1 fully saturated rings. The van der Waals surface area contributed by atoms with Gasteiger partial charge in [-0.3, -0.25) is 4.79 Å². The summed E-state index contributed by atoms with van der Waals surface area (Å²) in [5.74, 6) is 1.94. The van der Waals surface area contributed by atoms with Gasteiger partial charge in [0.1, 0.15) is 11.8 Å². The lowest BCUT2D eigenvalue weighted by Crippen LogP contribution is -2.68. The maximum atomic E-state index is 12.4. The van der Waals surface area contributed by atoms with Gasteiger partial charge in [0, 0.05) is 11.8 Å². The highest BCUT2D eigenvalue weighted by molar-refractivity contribution is 5.83. The number of methoxy groups -OCH3 is 3. The number of benzene rings is 2. The summed E-state index contributed by atoms with van der Waals surface area (Å²) >= 11 is 0. The molecule has 3 rings (SSSR count). The van der Waals surface area contributed by atoms with Crippen molar-refractivity contribution >= 4 is 11.6 Å². The van der Waals surface area contributed by atoms with Gasteiger partial charge in [0.2, 0.25) is 5.91 Å². The third kappa shape index (κ3) is 4.60. The zero-order chi connectivity index (χ0) is 19.2. The summed E-state index contributed by atoms with van der Waals surface area (Å²) in [6.07, 6.45) is 0.106. The van der Waals surface area contributed by atoms with Crippen LogP contribution < -0.4 is 35.7 Å². The minimum absolute atomic E-state index is 0.0949. The van der Waals surface area contributed by atoms with Crippen molar-refractivity contribution in [2.24, 2.45) is 0 Å². The highest BCUT2D eigenvalue weighted by Gasteiger charge is 2.27. The summed E-state index contributed by atoms with van der Waals surface area (Å²) < 4.78 is 15.7. The number of hydrogen-bond acceptors (Lipinski definition) is 7. The maximum Gasteiger partial charge on any atom is 0.241 e. The molecule has 1 aliphatic heterocycles. The third-order valence-electron chi connectivity index (χ3n) is 4.30. The van der Waals surface area contributed by atoms with Crippen molar-refractivity contribution in [3.63, 3.8) is 0 Å². The first-order chi connectivity index (χ1) is 13.1. The fourth-order valence-electron chi connectivity index (χ4n) is 2.83. The van der Waals surface area contributed by atoms with E-state index in [1.807, 2.05) is 30.3 Å². The monoisotopic (exact) mass is 372 g/mol. The third-order valence-corrected chi connectivity index (χ3v) is 4.30. The van der Waals surface area contributed by atoms with Gasteiger partial charge in [-0.2, -0.15) is 0 Å². The lowest BCUT2D eigenvalue weighted by atomic mass is 10.1.